The SMILES string of the molecule is CCOc1ccc(C(=O)N/N=C/c2ccc(OC(=O)c3ccccc3)c(OCC)c2)cc1. The zero-order valence-corrected chi connectivity index (χ0v) is 17.9. The molecule has 0 aromatic heterocycles. The molecule has 3 aromatic rings. The summed E-state index contributed by atoms with van der Waals surface area (Å²) in [5.74, 6) is 0.581. The molecule has 0 radical (unpaired) electrons. The predicted molar refractivity (Wildman–Crippen MR) is 122 cm³/mol. The molecule has 0 aliphatic heterocycles. The fourth-order valence-corrected chi connectivity index (χ4v) is 2.79. The predicted octanol–water partition coefficient (Wildman–Crippen LogP) is 4.47. The van der Waals surface area contributed by atoms with E-state index in [-0.39, 0.29) is 5.91 Å². The first-order chi connectivity index (χ1) is 15.6. The van der Waals surface area contributed by atoms with Gasteiger partial charge in [0.1, 0.15) is 5.75 Å². The van der Waals surface area contributed by atoms with E-state index in [0.29, 0.717) is 47.2 Å². The zero-order chi connectivity index (χ0) is 22.8. The molecule has 0 aliphatic rings. The molecule has 0 fully saturated rings. The maximum atomic E-state index is 12.3. The van der Waals surface area contributed by atoms with Crippen molar-refractivity contribution in [3.8, 4) is 17.2 Å². The van der Waals surface area contributed by atoms with E-state index >= 15 is 0 Å². The molecule has 7 nitrogen and oxygen atoms in total. The number of benzene rings is 3. The van der Waals surface area contributed by atoms with Crippen LogP contribution in [0.5, 0.6) is 17.2 Å². The minimum Gasteiger partial charge on any atom is -0.494 e. The second kappa shape index (κ2) is 11.3. The molecule has 3 rings (SSSR count). The van der Waals surface area contributed by atoms with Gasteiger partial charge < -0.3 is 14.2 Å². The maximum Gasteiger partial charge on any atom is 0.343 e. The van der Waals surface area contributed by atoms with E-state index in [9.17, 15) is 9.59 Å². The molecule has 0 aliphatic carbocycles. The molecule has 0 atom stereocenters. The van der Waals surface area contributed by atoms with Crippen LogP contribution in [0.4, 0.5) is 0 Å². The Labute approximate surface area is 186 Å². The summed E-state index contributed by atoms with van der Waals surface area (Å²) in [5, 5.41) is 4.00. The van der Waals surface area contributed by atoms with Crippen LogP contribution in [-0.4, -0.2) is 31.3 Å². The van der Waals surface area contributed by atoms with Crippen LogP contribution in [0.2, 0.25) is 0 Å². The molecule has 164 valence electrons. The quantitative estimate of drug-likeness (QED) is 0.233. The van der Waals surface area contributed by atoms with Crippen molar-refractivity contribution in [2.45, 2.75) is 13.8 Å². The number of carbonyl (C=O) groups is 2. The van der Waals surface area contributed by atoms with Crippen LogP contribution in [0.1, 0.15) is 40.1 Å². The normalized spacial score (nSPS) is 10.6. The minimum atomic E-state index is -0.476. The summed E-state index contributed by atoms with van der Waals surface area (Å²) in [6.45, 7) is 4.68. The monoisotopic (exact) mass is 432 g/mol. The molecule has 0 unspecified atom stereocenters. The van der Waals surface area contributed by atoms with Crippen LogP contribution in [-0.2, 0) is 0 Å². The van der Waals surface area contributed by atoms with Crippen molar-refractivity contribution in [2.24, 2.45) is 5.10 Å². The molecule has 0 saturated carbocycles. The minimum absolute atomic E-state index is 0.302. The second-order valence-corrected chi connectivity index (χ2v) is 6.55. The number of hydrogen-bond donors (Lipinski definition) is 1. The van der Waals surface area contributed by atoms with Crippen molar-refractivity contribution in [1.82, 2.24) is 5.43 Å². The van der Waals surface area contributed by atoms with Crippen molar-refractivity contribution in [3.63, 3.8) is 0 Å². The Morgan fingerprint density at radius 3 is 2.25 bits per heavy atom. The summed E-state index contributed by atoms with van der Waals surface area (Å²) in [6.07, 6.45) is 1.48. The second-order valence-electron chi connectivity index (χ2n) is 6.55. The van der Waals surface area contributed by atoms with Crippen molar-refractivity contribution >= 4 is 18.1 Å². The molecule has 1 amide bonds. The van der Waals surface area contributed by atoms with Gasteiger partial charge in [-0.1, -0.05) is 18.2 Å². The van der Waals surface area contributed by atoms with Crippen LogP contribution in [0.15, 0.2) is 77.9 Å². The lowest BCUT2D eigenvalue weighted by molar-refractivity contribution is 0.0728. The Morgan fingerprint density at radius 2 is 1.56 bits per heavy atom. The van der Waals surface area contributed by atoms with Gasteiger partial charge in [0, 0.05) is 5.56 Å². The largest absolute Gasteiger partial charge is 0.494 e. The molecule has 0 heterocycles. The van der Waals surface area contributed by atoms with E-state index < -0.39 is 5.97 Å². The lowest BCUT2D eigenvalue weighted by atomic mass is 10.2. The first kappa shape index (κ1) is 22.6. The lowest BCUT2D eigenvalue weighted by Gasteiger charge is -2.11. The van der Waals surface area contributed by atoms with E-state index in [0.717, 1.165) is 0 Å². The van der Waals surface area contributed by atoms with Crippen LogP contribution in [0.3, 0.4) is 0 Å². The third kappa shape index (κ3) is 6.18. The number of amides is 1. The number of esters is 1. The Kier molecular flexibility index (Phi) is 7.97. The van der Waals surface area contributed by atoms with Gasteiger partial charge >= 0.3 is 5.97 Å². The molecular formula is C25H24N2O5. The molecule has 1 N–H and O–H groups in total. The summed E-state index contributed by atoms with van der Waals surface area (Å²) in [4.78, 5) is 24.6. The van der Waals surface area contributed by atoms with Crippen molar-refractivity contribution < 1.29 is 23.8 Å². The Hall–Kier alpha value is -4.13. The summed E-state index contributed by atoms with van der Waals surface area (Å²) in [5.41, 5.74) is 4.05. The zero-order valence-electron chi connectivity index (χ0n) is 17.9. The van der Waals surface area contributed by atoms with Gasteiger partial charge in [0.2, 0.25) is 0 Å². The highest BCUT2D eigenvalue weighted by atomic mass is 16.6. The van der Waals surface area contributed by atoms with Crippen molar-refractivity contribution in [3.05, 3.63) is 89.5 Å². The molecule has 3 aromatic carbocycles. The van der Waals surface area contributed by atoms with Crippen molar-refractivity contribution in [2.75, 3.05) is 13.2 Å². The molecule has 7 heteroatoms. The van der Waals surface area contributed by atoms with Crippen LogP contribution in [0.25, 0.3) is 0 Å². The van der Waals surface area contributed by atoms with Gasteiger partial charge in [-0.25, -0.2) is 10.2 Å². The van der Waals surface area contributed by atoms with Gasteiger partial charge in [-0.2, -0.15) is 5.10 Å². The van der Waals surface area contributed by atoms with Gasteiger partial charge in [0.05, 0.1) is 25.0 Å². The van der Waals surface area contributed by atoms with E-state index in [1.807, 2.05) is 19.9 Å². The standard InChI is InChI=1S/C25H24N2O5/c1-3-30-21-13-11-19(12-14-21)24(28)27-26-17-18-10-15-22(23(16-18)31-4-2)32-25(29)20-8-6-5-7-9-20/h5-17H,3-4H2,1-2H3,(H,27,28)/b26-17+. The van der Waals surface area contributed by atoms with Gasteiger partial charge in [-0.3, -0.25) is 4.79 Å². The molecule has 0 spiro atoms. The summed E-state index contributed by atoms with van der Waals surface area (Å²) in [6, 6.07) is 20.5. The average Bonchev–Trinajstić information content (AvgIpc) is 2.82. The van der Waals surface area contributed by atoms with Gasteiger partial charge in [-0.15, -0.1) is 0 Å². The third-order valence-electron chi connectivity index (χ3n) is 4.29. The molecule has 32 heavy (non-hydrogen) atoms. The van der Waals surface area contributed by atoms with Gasteiger partial charge in [0.15, 0.2) is 11.5 Å². The molecule has 0 saturated heterocycles. The number of nitrogens with one attached hydrogen (secondary N) is 1. The molecular weight excluding hydrogens is 408 g/mol. The lowest BCUT2D eigenvalue weighted by Crippen LogP contribution is -2.17. The number of nitrogens with zero attached hydrogens (tertiary/aromatic N) is 1. The topological polar surface area (TPSA) is 86.2 Å². The van der Waals surface area contributed by atoms with Crippen LogP contribution >= 0.6 is 0 Å². The number of hydrazone groups is 1. The van der Waals surface area contributed by atoms with E-state index in [1.54, 1.807) is 66.7 Å². The number of carbonyl (C=O) groups excluding carboxylic acids is 2. The summed E-state index contributed by atoms with van der Waals surface area (Å²) in [7, 11) is 0. The van der Waals surface area contributed by atoms with E-state index in [4.69, 9.17) is 14.2 Å². The first-order valence-corrected chi connectivity index (χ1v) is 10.2. The smallest absolute Gasteiger partial charge is 0.343 e. The number of rotatable bonds is 9. The first-order valence-electron chi connectivity index (χ1n) is 10.2. The molecule has 0 bridgehead atoms. The summed E-state index contributed by atoms with van der Waals surface area (Å²) >= 11 is 0. The Balaban J connectivity index is 1.66. The van der Waals surface area contributed by atoms with Gasteiger partial charge in [-0.05, 0) is 74.0 Å². The number of hydrogen-bond acceptors (Lipinski definition) is 6. The average molecular weight is 432 g/mol. The van der Waals surface area contributed by atoms with E-state index in [2.05, 4.69) is 10.5 Å². The van der Waals surface area contributed by atoms with Crippen molar-refractivity contribution in [1.29, 1.82) is 0 Å². The highest BCUT2D eigenvalue weighted by Gasteiger charge is 2.13. The van der Waals surface area contributed by atoms with Gasteiger partial charge in [0.25, 0.3) is 5.91 Å². The van der Waals surface area contributed by atoms with E-state index in [1.165, 1.54) is 6.21 Å². The van der Waals surface area contributed by atoms with Crippen LogP contribution in [0, 0.1) is 0 Å². The summed E-state index contributed by atoms with van der Waals surface area (Å²) < 4.78 is 16.4. The number of ether oxygens (including phenoxy) is 3. The van der Waals surface area contributed by atoms with Crippen LogP contribution < -0.4 is 19.6 Å². The Bertz CT molecular complexity index is 1080. The highest BCUT2D eigenvalue weighted by Crippen LogP contribution is 2.29. The maximum absolute atomic E-state index is 12.3. The third-order valence-corrected chi connectivity index (χ3v) is 4.29. The highest BCUT2D eigenvalue weighted by molar-refractivity contribution is 5.95. The fraction of sp³-hybridized carbons (Fsp3) is 0.160. The Morgan fingerprint density at radius 1 is 0.844 bits per heavy atom. The fourth-order valence-electron chi connectivity index (χ4n) is 2.79.